The number of anilines is 1. The Bertz CT molecular complexity index is 3770. The smallest absolute Gasteiger partial charge is 0.306 e. The van der Waals surface area contributed by atoms with Crippen molar-refractivity contribution >= 4 is 115 Å². The van der Waals surface area contributed by atoms with E-state index in [2.05, 4.69) is 31.9 Å². The molecule has 6 amide bonds. The first-order valence-electron chi connectivity index (χ1n) is 26.4. The highest BCUT2D eigenvalue weighted by Gasteiger charge is 2.34. The highest BCUT2D eigenvalue weighted by atomic mass is 32.1. The number of fused-ring (bicyclic) bond motifs is 14. The molecule has 29 heteroatoms. The van der Waals surface area contributed by atoms with Crippen LogP contribution in [0.15, 0.2) is 64.0 Å². The molecule has 1 saturated carbocycles. The van der Waals surface area contributed by atoms with Gasteiger partial charge in [-0.1, -0.05) is 44.2 Å². The van der Waals surface area contributed by atoms with Gasteiger partial charge in [0.05, 0.1) is 48.1 Å². The fourth-order valence-electron chi connectivity index (χ4n) is 9.47. The molecule has 84 heavy (non-hydrogen) atoms. The fourth-order valence-corrected chi connectivity index (χ4v) is 15.0. The summed E-state index contributed by atoms with van der Waals surface area (Å²) in [6.07, 6.45) is 0.232. The number of rotatable bonds is 11. The highest BCUT2D eigenvalue weighted by Crippen LogP contribution is 2.40. The summed E-state index contributed by atoms with van der Waals surface area (Å²) in [7, 11) is 2.94. The molecule has 8 heterocycles. The third kappa shape index (κ3) is 13.3. The van der Waals surface area contributed by atoms with Crippen molar-refractivity contribution in [2.75, 3.05) is 26.0 Å². The van der Waals surface area contributed by atoms with Crippen molar-refractivity contribution < 1.29 is 48.5 Å². The average molecular weight is 1250 g/mol. The number of pyridine rings is 1. The summed E-state index contributed by atoms with van der Waals surface area (Å²) in [5, 5.41) is 47.6. The monoisotopic (exact) mass is 1250 g/mol. The van der Waals surface area contributed by atoms with Crippen molar-refractivity contribution in [3.63, 3.8) is 0 Å². The number of ether oxygens (including phenoxy) is 1. The van der Waals surface area contributed by atoms with Gasteiger partial charge in [-0.3, -0.25) is 33.6 Å². The van der Waals surface area contributed by atoms with Gasteiger partial charge in [-0.15, -0.1) is 68.0 Å². The third-order valence-corrected chi connectivity index (χ3v) is 19.7. The van der Waals surface area contributed by atoms with Gasteiger partial charge < -0.3 is 46.9 Å². The summed E-state index contributed by atoms with van der Waals surface area (Å²) >= 11 is 7.19. The summed E-state index contributed by atoms with van der Waals surface area (Å²) in [6.45, 7) is 4.96. The Hall–Kier alpha value is -7.64. The number of carboxylic acid groups (broad SMARTS) is 1. The van der Waals surface area contributed by atoms with Crippen LogP contribution in [0.5, 0.6) is 0 Å². The van der Waals surface area contributed by atoms with Crippen LogP contribution >= 0.6 is 68.0 Å². The number of benzene rings is 1. The first-order valence-corrected chi connectivity index (χ1v) is 31.6. The number of aromatic nitrogens is 7. The first kappa shape index (κ1) is 59.5. The molecular formula is C55H55N13O10S6. The first-order chi connectivity index (χ1) is 40.4. The lowest BCUT2D eigenvalue weighted by molar-refractivity contribution is -0.143. The van der Waals surface area contributed by atoms with Crippen molar-refractivity contribution in [3.8, 4) is 43.4 Å². The van der Waals surface area contributed by atoms with Gasteiger partial charge in [0.25, 0.3) is 17.7 Å². The van der Waals surface area contributed by atoms with Gasteiger partial charge in [-0.25, -0.2) is 34.9 Å². The molecule has 2 aliphatic rings. The van der Waals surface area contributed by atoms with Crippen LogP contribution in [0.1, 0.15) is 132 Å². The summed E-state index contributed by atoms with van der Waals surface area (Å²) < 4.78 is 5.45. The molecule has 1 aromatic carbocycles. The number of amides is 6. The van der Waals surface area contributed by atoms with E-state index < -0.39 is 72.2 Å². The molecule has 8 aromatic rings. The molecule has 7 aromatic heterocycles. The quantitative estimate of drug-likeness (QED) is 0.0605. The maximum atomic E-state index is 14.3. The molecule has 1 unspecified atom stereocenters. The SMILES string of the molecule is CNC(=O)C[C@@H]1NC(=O)c2csc(n2)-c2ccc(-c3nc(NC(=O)[C@H]4CC[C@H](C(=O)O)CC4)cs3)nc2-c2csc(n2)-c2csc(n2)[C@H]([C@@H](O)c2ccccc2)NC(=O)CNC(=O)c2nc(sc2COC)C(C(C)C)NC(=O)c2nc1sc2C. The minimum atomic E-state index is -1.28. The minimum absolute atomic E-state index is 0.000649. The molecule has 0 spiro atoms. The number of carbonyl (C=O) groups excluding carboxylic acids is 6. The maximum absolute atomic E-state index is 14.3. The van der Waals surface area contributed by atoms with Crippen molar-refractivity contribution in [2.45, 2.75) is 83.7 Å². The van der Waals surface area contributed by atoms with Crippen molar-refractivity contribution in [3.05, 3.63) is 111 Å². The molecule has 436 valence electrons. The maximum Gasteiger partial charge on any atom is 0.306 e. The predicted octanol–water partition coefficient (Wildman–Crippen LogP) is 8.14. The zero-order valence-corrected chi connectivity index (χ0v) is 50.5. The highest BCUT2D eigenvalue weighted by molar-refractivity contribution is 7.15. The van der Waals surface area contributed by atoms with Gasteiger partial charge >= 0.3 is 5.97 Å². The number of nitrogens with zero attached hydrogens (tertiary/aromatic N) is 7. The Balaban J connectivity index is 1.03. The van der Waals surface area contributed by atoms with Crippen LogP contribution in [0.2, 0.25) is 0 Å². The molecule has 10 rings (SSSR count). The van der Waals surface area contributed by atoms with Crippen molar-refractivity contribution in [1.29, 1.82) is 0 Å². The topological polar surface area (TPSA) is 332 Å². The van der Waals surface area contributed by atoms with Gasteiger partial charge in [0.1, 0.15) is 82.2 Å². The lowest BCUT2D eigenvalue weighted by atomic mass is 9.81. The molecule has 0 radical (unpaired) electrons. The molecule has 10 bridgehead atoms. The Morgan fingerprint density at radius 2 is 1.37 bits per heavy atom. The van der Waals surface area contributed by atoms with Gasteiger partial charge in [-0.05, 0) is 56.2 Å². The predicted molar refractivity (Wildman–Crippen MR) is 319 cm³/mol. The molecule has 1 aliphatic heterocycles. The molecule has 1 aliphatic carbocycles. The normalized spacial score (nSPS) is 19.1. The Morgan fingerprint density at radius 3 is 2.11 bits per heavy atom. The van der Waals surface area contributed by atoms with Crippen LogP contribution in [0.3, 0.4) is 0 Å². The van der Waals surface area contributed by atoms with E-state index in [-0.39, 0.29) is 52.9 Å². The van der Waals surface area contributed by atoms with Crippen LogP contribution in [0, 0.1) is 24.7 Å². The van der Waals surface area contributed by atoms with E-state index in [1.807, 2.05) is 13.8 Å². The number of hydrogen-bond acceptors (Lipinski definition) is 22. The number of aliphatic hydroxyl groups excluding tert-OH is 1. The number of aliphatic carboxylic acids is 1. The van der Waals surface area contributed by atoms with Crippen LogP contribution < -0.4 is 31.9 Å². The van der Waals surface area contributed by atoms with E-state index in [0.717, 1.165) is 11.3 Å². The van der Waals surface area contributed by atoms with E-state index in [0.29, 0.717) is 100 Å². The van der Waals surface area contributed by atoms with Gasteiger partial charge in [0.15, 0.2) is 0 Å². The zero-order valence-electron chi connectivity index (χ0n) is 45.6. The lowest BCUT2D eigenvalue weighted by Gasteiger charge is -2.24. The number of thiazole rings is 6. The average Bonchev–Trinajstić information content (AvgIpc) is 3.76. The third-order valence-electron chi connectivity index (χ3n) is 13.9. The van der Waals surface area contributed by atoms with Gasteiger partial charge in [0.2, 0.25) is 17.7 Å². The van der Waals surface area contributed by atoms with E-state index in [4.69, 9.17) is 39.6 Å². The van der Waals surface area contributed by atoms with E-state index in [1.54, 1.807) is 70.9 Å². The van der Waals surface area contributed by atoms with Crippen LogP contribution in [0.4, 0.5) is 5.82 Å². The van der Waals surface area contributed by atoms with E-state index in [1.165, 1.54) is 70.8 Å². The summed E-state index contributed by atoms with van der Waals surface area (Å²) in [5.41, 5.74) is 2.71. The molecular weight excluding hydrogens is 1200 g/mol. The molecule has 0 saturated heterocycles. The van der Waals surface area contributed by atoms with Crippen molar-refractivity contribution in [2.24, 2.45) is 17.8 Å². The summed E-state index contributed by atoms with van der Waals surface area (Å²) in [6, 6.07) is 9.50. The number of aryl methyl sites for hydroxylation is 1. The van der Waals surface area contributed by atoms with Crippen LogP contribution in [0.25, 0.3) is 43.4 Å². The standard InChI is InChI=1S/C55H55N13O10S6/c1-24(2)39-54-68-42(35(84-54)19-78-5)47(74)57-18-38(70)65-43(44(71)26-9-7-6-8-10-26)53-62-34(22-81-53)51-60-32(20-80-51)41-29(15-16-30(58-41)50-64-36(23-82-50)63-45(72)27-11-13-28(14-12-27)55(76)77)49-61-33(21-79-49)46(73)59-31(17-37(69)56-4)52-67-40(25(3)83-52)48(75)66-39/h6-10,15-16,20-24,27-28,31,39,43-44,71H,11-14,17-19H2,1-5H3,(H,56,69)(H,57,74)(H,59,73)(H,63,72)(H,65,70)(H,66,75)(H,76,77)/t27-,28-,31-,39?,43-,44-/m0/s1. The number of carbonyl (C=O) groups is 7. The van der Waals surface area contributed by atoms with Crippen LogP contribution in [-0.4, -0.2) is 107 Å². The number of carboxylic acids is 1. The number of methoxy groups -OCH3 is 1. The van der Waals surface area contributed by atoms with Gasteiger partial charge in [0, 0.05) is 52.0 Å². The summed E-state index contributed by atoms with van der Waals surface area (Å²) in [4.78, 5) is 129. The molecule has 8 N–H and O–H groups in total. The fraction of sp³-hybridized carbons (Fsp3) is 0.345. The lowest BCUT2D eigenvalue weighted by Crippen LogP contribution is -2.40. The second kappa shape index (κ2) is 26.1. The van der Waals surface area contributed by atoms with Crippen molar-refractivity contribution in [1.82, 2.24) is 61.5 Å². The number of hydrogen-bond donors (Lipinski definition) is 8. The van der Waals surface area contributed by atoms with E-state index >= 15 is 0 Å². The van der Waals surface area contributed by atoms with E-state index in [9.17, 15) is 43.8 Å². The van der Waals surface area contributed by atoms with Crippen LogP contribution in [-0.2, 0) is 30.5 Å². The second-order valence-electron chi connectivity index (χ2n) is 20.0. The largest absolute Gasteiger partial charge is 0.481 e. The second-order valence-corrected chi connectivity index (χ2v) is 25.9. The number of aliphatic hydroxyl groups is 1. The Kier molecular flexibility index (Phi) is 18.5. The molecule has 1 fully saturated rings. The molecule has 23 nitrogen and oxygen atoms in total. The molecule has 4 atom stereocenters. The Labute approximate surface area is 504 Å². The van der Waals surface area contributed by atoms with Gasteiger partial charge in [-0.2, -0.15) is 0 Å². The minimum Gasteiger partial charge on any atom is -0.481 e. The summed E-state index contributed by atoms with van der Waals surface area (Å²) in [5.74, 6) is -4.74. The zero-order chi connectivity index (χ0) is 59.3. The Morgan fingerprint density at radius 1 is 0.679 bits per heavy atom. The number of nitrogens with one attached hydrogen (secondary N) is 6.